The molecule has 3 rings (SSSR count). The van der Waals surface area contributed by atoms with Gasteiger partial charge >= 0.3 is 0 Å². The van der Waals surface area contributed by atoms with Crippen molar-refractivity contribution in [1.29, 1.82) is 0 Å². The minimum Gasteiger partial charge on any atom is -0.371 e. The first-order valence-corrected chi connectivity index (χ1v) is 4.29. The maximum Gasteiger partial charge on any atom is 0.0402 e. The highest BCUT2D eigenvalue weighted by atomic mass is 16.0. The van der Waals surface area contributed by atoms with Crippen LogP contribution in [0.1, 0.15) is 17.9 Å². The summed E-state index contributed by atoms with van der Waals surface area (Å²) in [6.45, 7) is 2.56. The predicted octanol–water partition coefficient (Wildman–Crippen LogP) is 1.88. The summed E-state index contributed by atoms with van der Waals surface area (Å²) in [6.07, 6.45) is 1.37. The van der Waals surface area contributed by atoms with Gasteiger partial charge in [-0.2, -0.15) is 0 Å². The Kier molecular flexibility index (Phi) is 1.58. The smallest absolute Gasteiger partial charge is 0.0402 e. The summed E-state index contributed by atoms with van der Waals surface area (Å²) in [4.78, 5) is 2.50. The maximum absolute atomic E-state index is 2.50. The van der Waals surface area contributed by atoms with E-state index in [4.69, 9.17) is 0 Å². The third-order valence-corrected chi connectivity index (χ3v) is 2.91. The molecule has 2 radical (unpaired) electrons. The summed E-state index contributed by atoms with van der Waals surface area (Å²) in [5.74, 6) is 0.853. The van der Waals surface area contributed by atoms with E-state index in [0.717, 1.165) is 5.92 Å². The van der Waals surface area contributed by atoms with E-state index < -0.39 is 0 Å². The number of hydrogen-bond donors (Lipinski definition) is 0. The number of benzene rings is 1. The van der Waals surface area contributed by atoms with Gasteiger partial charge in [0.05, 0.1) is 0 Å². The van der Waals surface area contributed by atoms with Crippen molar-refractivity contribution in [3.63, 3.8) is 0 Å². The van der Waals surface area contributed by atoms with Crippen molar-refractivity contribution in [2.75, 3.05) is 18.0 Å². The van der Waals surface area contributed by atoms with Crippen LogP contribution in [0.25, 0.3) is 0 Å². The Morgan fingerprint density at radius 3 is 2.92 bits per heavy atom. The van der Waals surface area contributed by atoms with Crippen LogP contribution in [0.4, 0.5) is 5.69 Å². The van der Waals surface area contributed by atoms with Crippen LogP contribution in [0.15, 0.2) is 24.3 Å². The van der Waals surface area contributed by atoms with Gasteiger partial charge in [0.25, 0.3) is 0 Å². The monoisotopic (exact) mass is 161 g/mol. The van der Waals surface area contributed by atoms with E-state index in [2.05, 4.69) is 29.2 Å². The number of para-hydroxylation sites is 1. The van der Waals surface area contributed by atoms with Crippen LogP contribution in [0.5, 0.6) is 0 Å². The van der Waals surface area contributed by atoms with Gasteiger partial charge in [0.1, 0.15) is 0 Å². The average Bonchev–Trinajstić information content (AvgIpc) is 2.64. The third-order valence-electron chi connectivity index (χ3n) is 2.91. The normalized spacial score (nSPS) is 23.7. The molecule has 1 saturated heterocycles. The van der Waals surface area contributed by atoms with E-state index in [1.807, 2.05) is 0 Å². The van der Waals surface area contributed by atoms with Gasteiger partial charge in [-0.1, -0.05) is 18.2 Å². The van der Waals surface area contributed by atoms with Crippen LogP contribution >= 0.6 is 0 Å². The molecule has 0 amide bonds. The lowest BCUT2D eigenvalue weighted by Gasteiger charge is -2.17. The van der Waals surface area contributed by atoms with Crippen molar-refractivity contribution in [3.05, 3.63) is 29.8 Å². The van der Waals surface area contributed by atoms with Crippen LogP contribution in [-0.4, -0.2) is 13.1 Å². The molecule has 0 saturated carbocycles. The minimum atomic E-state index is 0. The molecule has 1 unspecified atom stereocenters. The zero-order valence-corrected chi connectivity index (χ0v) is 6.86. The first kappa shape index (κ1) is 7.62. The van der Waals surface area contributed by atoms with Crippen LogP contribution in [0.3, 0.4) is 0 Å². The van der Waals surface area contributed by atoms with Crippen molar-refractivity contribution in [2.24, 2.45) is 0 Å². The van der Waals surface area contributed by atoms with Gasteiger partial charge < -0.3 is 4.90 Å². The second-order valence-electron chi connectivity index (χ2n) is 3.49. The Labute approximate surface area is 72.1 Å². The van der Waals surface area contributed by atoms with Gasteiger partial charge in [-0.15, -0.1) is 0 Å². The highest BCUT2D eigenvalue weighted by molar-refractivity contribution is 5.62. The Morgan fingerprint density at radius 2 is 2.08 bits per heavy atom. The van der Waals surface area contributed by atoms with E-state index in [1.165, 1.54) is 25.2 Å². The standard InChI is InChI=1S/C10H11N.O/c1-2-4-10-9(3-1)8-5-6-11(10)7-8;/h1-4,8H,5-7H2;. The third kappa shape index (κ3) is 0.786. The van der Waals surface area contributed by atoms with Crippen molar-refractivity contribution in [2.45, 2.75) is 12.3 Å². The van der Waals surface area contributed by atoms with E-state index in [0.29, 0.717) is 0 Å². The fourth-order valence-corrected chi connectivity index (χ4v) is 2.35. The summed E-state index contributed by atoms with van der Waals surface area (Å²) < 4.78 is 0. The summed E-state index contributed by atoms with van der Waals surface area (Å²) in [6, 6.07) is 8.81. The first-order chi connectivity index (χ1) is 5.45. The average molecular weight is 161 g/mol. The lowest BCUT2D eigenvalue weighted by molar-refractivity contribution is 0.686. The zero-order valence-electron chi connectivity index (χ0n) is 6.86. The molecule has 2 aliphatic rings. The Morgan fingerprint density at radius 1 is 1.25 bits per heavy atom. The predicted molar refractivity (Wildman–Crippen MR) is 46.7 cm³/mol. The van der Waals surface area contributed by atoms with Crippen molar-refractivity contribution in [1.82, 2.24) is 0 Å². The minimum absolute atomic E-state index is 0. The number of nitrogens with zero attached hydrogens (tertiary/aromatic N) is 1. The summed E-state index contributed by atoms with van der Waals surface area (Å²) in [7, 11) is 0. The molecule has 1 aromatic carbocycles. The molecule has 2 aliphatic heterocycles. The van der Waals surface area contributed by atoms with Gasteiger partial charge in [-0.3, -0.25) is 0 Å². The summed E-state index contributed by atoms with van der Waals surface area (Å²) >= 11 is 0. The topological polar surface area (TPSA) is 31.7 Å². The van der Waals surface area contributed by atoms with Crippen molar-refractivity contribution < 1.29 is 5.48 Å². The molecule has 62 valence electrons. The summed E-state index contributed by atoms with van der Waals surface area (Å²) in [5, 5.41) is 0. The molecule has 0 N–H and O–H groups in total. The fraction of sp³-hybridized carbons (Fsp3) is 0.400. The molecule has 2 heterocycles. The second-order valence-corrected chi connectivity index (χ2v) is 3.49. The zero-order chi connectivity index (χ0) is 7.26. The molecular formula is C10H11NO. The number of hydrogen-bond acceptors (Lipinski definition) is 1. The fourth-order valence-electron chi connectivity index (χ4n) is 2.35. The molecule has 2 bridgehead atoms. The number of fused-ring (bicyclic) bond motifs is 5. The molecule has 2 heteroatoms. The van der Waals surface area contributed by atoms with Gasteiger partial charge in [0.2, 0.25) is 0 Å². The van der Waals surface area contributed by atoms with Crippen LogP contribution in [0.2, 0.25) is 0 Å². The highest BCUT2D eigenvalue weighted by Crippen LogP contribution is 2.42. The van der Waals surface area contributed by atoms with Crippen LogP contribution in [0, 0.1) is 0 Å². The molecule has 0 aromatic heterocycles. The summed E-state index contributed by atoms with van der Waals surface area (Å²) in [5.41, 5.74) is 3.07. The van der Waals surface area contributed by atoms with E-state index >= 15 is 0 Å². The van der Waals surface area contributed by atoms with Gasteiger partial charge in [0, 0.05) is 30.2 Å². The molecule has 1 aromatic rings. The van der Waals surface area contributed by atoms with Gasteiger partial charge in [0.15, 0.2) is 0 Å². The first-order valence-electron chi connectivity index (χ1n) is 4.29. The van der Waals surface area contributed by atoms with E-state index in [1.54, 1.807) is 5.56 Å². The highest BCUT2D eigenvalue weighted by Gasteiger charge is 2.33. The Bertz CT molecular complexity index is 269. The van der Waals surface area contributed by atoms with Crippen molar-refractivity contribution >= 4 is 5.69 Å². The van der Waals surface area contributed by atoms with Gasteiger partial charge in [-0.25, -0.2) is 0 Å². The van der Waals surface area contributed by atoms with Crippen LogP contribution < -0.4 is 4.90 Å². The molecule has 0 spiro atoms. The van der Waals surface area contributed by atoms with Gasteiger partial charge in [-0.05, 0) is 18.1 Å². The largest absolute Gasteiger partial charge is 0.371 e. The van der Waals surface area contributed by atoms with E-state index in [-0.39, 0.29) is 5.48 Å². The lowest BCUT2D eigenvalue weighted by Crippen LogP contribution is -2.15. The second kappa shape index (κ2) is 2.49. The van der Waals surface area contributed by atoms with Crippen LogP contribution in [-0.2, 0) is 5.48 Å². The SMILES string of the molecule is [O].c1ccc2c(c1)C1CCN2C1. The Hall–Kier alpha value is -1.02. The molecule has 2 nitrogen and oxygen atoms in total. The van der Waals surface area contributed by atoms with Crippen molar-refractivity contribution in [3.8, 4) is 0 Å². The molecule has 1 fully saturated rings. The number of rotatable bonds is 0. The molecule has 12 heavy (non-hydrogen) atoms. The molecule has 0 aliphatic carbocycles. The quantitative estimate of drug-likeness (QED) is 0.571. The molecular weight excluding hydrogens is 150 g/mol. The Balaban J connectivity index is 0.000000563. The molecule has 1 atom stereocenters. The maximum atomic E-state index is 2.50. The van der Waals surface area contributed by atoms with E-state index in [9.17, 15) is 0 Å². The number of anilines is 1. The lowest BCUT2D eigenvalue weighted by atomic mass is 9.98.